The summed E-state index contributed by atoms with van der Waals surface area (Å²) >= 11 is 3.45. The Morgan fingerprint density at radius 1 is 1.33 bits per heavy atom. The van der Waals surface area contributed by atoms with Crippen LogP contribution in [0, 0.1) is 0 Å². The molecule has 0 spiro atoms. The second kappa shape index (κ2) is 7.85. The monoisotopic (exact) mass is 271 g/mol. The summed E-state index contributed by atoms with van der Waals surface area (Å²) < 4.78 is 6.50. The fourth-order valence-corrected chi connectivity index (χ4v) is 1.72. The third-order valence-electron chi connectivity index (χ3n) is 1.99. The average molecular weight is 272 g/mol. The molecule has 0 saturated heterocycles. The van der Waals surface area contributed by atoms with E-state index in [-0.39, 0.29) is 0 Å². The van der Waals surface area contributed by atoms with Crippen molar-refractivity contribution in [3.8, 4) is 0 Å². The SMILES string of the molecule is CCCOCCNCc1cccc(Br)c1. The Balaban J connectivity index is 2.10. The molecule has 0 unspecified atom stereocenters. The largest absolute Gasteiger partial charge is 0.380 e. The van der Waals surface area contributed by atoms with Gasteiger partial charge in [-0.15, -0.1) is 0 Å². The summed E-state index contributed by atoms with van der Waals surface area (Å²) in [5.41, 5.74) is 1.29. The minimum atomic E-state index is 0.793. The summed E-state index contributed by atoms with van der Waals surface area (Å²) in [6, 6.07) is 8.33. The number of ether oxygens (including phenoxy) is 1. The molecule has 15 heavy (non-hydrogen) atoms. The number of nitrogens with one attached hydrogen (secondary N) is 1. The van der Waals surface area contributed by atoms with Crippen molar-refractivity contribution in [1.82, 2.24) is 5.32 Å². The van der Waals surface area contributed by atoms with Gasteiger partial charge >= 0.3 is 0 Å². The minimum Gasteiger partial charge on any atom is -0.380 e. The van der Waals surface area contributed by atoms with Crippen LogP contribution in [0.25, 0.3) is 0 Å². The maximum Gasteiger partial charge on any atom is 0.0591 e. The molecule has 1 aromatic carbocycles. The number of benzene rings is 1. The van der Waals surface area contributed by atoms with Gasteiger partial charge in [0, 0.05) is 24.2 Å². The molecular formula is C12H18BrNO. The van der Waals surface area contributed by atoms with E-state index in [9.17, 15) is 0 Å². The molecule has 1 rings (SSSR count). The molecule has 0 aliphatic rings. The van der Waals surface area contributed by atoms with Gasteiger partial charge in [-0.2, -0.15) is 0 Å². The van der Waals surface area contributed by atoms with Crippen molar-refractivity contribution >= 4 is 15.9 Å². The van der Waals surface area contributed by atoms with Crippen molar-refractivity contribution in [2.75, 3.05) is 19.8 Å². The first kappa shape index (κ1) is 12.7. The van der Waals surface area contributed by atoms with Crippen LogP contribution < -0.4 is 5.32 Å². The Morgan fingerprint density at radius 3 is 2.93 bits per heavy atom. The van der Waals surface area contributed by atoms with Gasteiger partial charge in [0.25, 0.3) is 0 Å². The second-order valence-corrected chi connectivity index (χ2v) is 4.33. The van der Waals surface area contributed by atoms with Crippen molar-refractivity contribution in [3.63, 3.8) is 0 Å². The Kier molecular flexibility index (Phi) is 6.64. The predicted molar refractivity (Wildman–Crippen MR) is 67.0 cm³/mol. The van der Waals surface area contributed by atoms with Crippen LogP contribution in [0.5, 0.6) is 0 Å². The van der Waals surface area contributed by atoms with Crippen molar-refractivity contribution in [1.29, 1.82) is 0 Å². The van der Waals surface area contributed by atoms with Gasteiger partial charge in [-0.3, -0.25) is 0 Å². The molecule has 0 saturated carbocycles. The molecule has 1 N–H and O–H groups in total. The van der Waals surface area contributed by atoms with Crippen LogP contribution in [0.2, 0.25) is 0 Å². The van der Waals surface area contributed by atoms with Crippen LogP contribution >= 0.6 is 15.9 Å². The molecule has 84 valence electrons. The molecule has 0 heterocycles. The van der Waals surface area contributed by atoms with Gasteiger partial charge < -0.3 is 10.1 Å². The number of rotatable bonds is 7. The summed E-state index contributed by atoms with van der Waals surface area (Å²) in [6.45, 7) is 5.58. The zero-order valence-electron chi connectivity index (χ0n) is 9.13. The molecule has 2 nitrogen and oxygen atoms in total. The molecule has 0 fully saturated rings. The normalized spacial score (nSPS) is 10.5. The van der Waals surface area contributed by atoms with E-state index in [2.05, 4.69) is 46.4 Å². The van der Waals surface area contributed by atoms with Crippen molar-refractivity contribution in [2.45, 2.75) is 19.9 Å². The highest BCUT2D eigenvalue weighted by Gasteiger charge is 1.93. The van der Waals surface area contributed by atoms with Gasteiger partial charge in [0.1, 0.15) is 0 Å². The first-order valence-electron chi connectivity index (χ1n) is 5.36. The predicted octanol–water partition coefficient (Wildman–Crippen LogP) is 2.97. The van der Waals surface area contributed by atoms with Gasteiger partial charge in [0.15, 0.2) is 0 Å². The summed E-state index contributed by atoms with van der Waals surface area (Å²) in [5.74, 6) is 0. The molecule has 0 aromatic heterocycles. The molecule has 1 aromatic rings. The molecule has 0 aliphatic heterocycles. The lowest BCUT2D eigenvalue weighted by atomic mass is 10.2. The van der Waals surface area contributed by atoms with Gasteiger partial charge in [-0.1, -0.05) is 35.0 Å². The van der Waals surface area contributed by atoms with E-state index in [0.29, 0.717) is 0 Å². The maximum absolute atomic E-state index is 5.37. The fraction of sp³-hybridized carbons (Fsp3) is 0.500. The highest BCUT2D eigenvalue weighted by molar-refractivity contribution is 9.10. The molecule has 0 atom stereocenters. The number of hydrogen-bond donors (Lipinski definition) is 1. The fourth-order valence-electron chi connectivity index (χ4n) is 1.27. The Bertz CT molecular complexity index is 278. The first-order valence-corrected chi connectivity index (χ1v) is 6.15. The molecule has 3 heteroatoms. The zero-order valence-corrected chi connectivity index (χ0v) is 10.7. The molecule has 0 aliphatic carbocycles. The van der Waals surface area contributed by atoms with Crippen LogP contribution in [0.3, 0.4) is 0 Å². The highest BCUT2D eigenvalue weighted by atomic mass is 79.9. The maximum atomic E-state index is 5.37. The van der Waals surface area contributed by atoms with E-state index in [1.165, 1.54) is 5.56 Å². The third kappa shape index (κ3) is 5.92. The van der Waals surface area contributed by atoms with Crippen LogP contribution in [-0.4, -0.2) is 19.8 Å². The smallest absolute Gasteiger partial charge is 0.0591 e. The van der Waals surface area contributed by atoms with Gasteiger partial charge in [-0.05, 0) is 24.1 Å². The third-order valence-corrected chi connectivity index (χ3v) is 2.48. The van der Waals surface area contributed by atoms with E-state index < -0.39 is 0 Å². The van der Waals surface area contributed by atoms with Crippen LogP contribution in [-0.2, 0) is 11.3 Å². The lowest BCUT2D eigenvalue weighted by molar-refractivity contribution is 0.136. The Morgan fingerprint density at radius 2 is 2.20 bits per heavy atom. The zero-order chi connectivity index (χ0) is 10.9. The van der Waals surface area contributed by atoms with E-state index in [4.69, 9.17) is 4.74 Å². The van der Waals surface area contributed by atoms with Crippen molar-refractivity contribution < 1.29 is 4.74 Å². The topological polar surface area (TPSA) is 21.3 Å². The van der Waals surface area contributed by atoms with Crippen LogP contribution in [0.4, 0.5) is 0 Å². The lowest BCUT2D eigenvalue weighted by Gasteiger charge is -2.05. The standard InChI is InChI=1S/C12H18BrNO/c1-2-7-15-8-6-14-10-11-4-3-5-12(13)9-11/h3-5,9,14H,2,6-8,10H2,1H3. The molecule has 0 amide bonds. The summed E-state index contributed by atoms with van der Waals surface area (Å²) in [6.07, 6.45) is 1.09. The van der Waals surface area contributed by atoms with Gasteiger partial charge in [0.2, 0.25) is 0 Å². The van der Waals surface area contributed by atoms with Crippen molar-refractivity contribution in [3.05, 3.63) is 34.3 Å². The average Bonchev–Trinajstić information content (AvgIpc) is 2.23. The number of hydrogen-bond acceptors (Lipinski definition) is 2. The van der Waals surface area contributed by atoms with E-state index in [1.54, 1.807) is 0 Å². The van der Waals surface area contributed by atoms with Crippen LogP contribution in [0.15, 0.2) is 28.7 Å². The van der Waals surface area contributed by atoms with E-state index in [0.717, 1.165) is 37.2 Å². The molecule has 0 radical (unpaired) electrons. The van der Waals surface area contributed by atoms with E-state index in [1.807, 2.05) is 6.07 Å². The second-order valence-electron chi connectivity index (χ2n) is 3.42. The molecular weight excluding hydrogens is 254 g/mol. The highest BCUT2D eigenvalue weighted by Crippen LogP contribution is 2.10. The minimum absolute atomic E-state index is 0.793. The van der Waals surface area contributed by atoms with Crippen molar-refractivity contribution in [2.24, 2.45) is 0 Å². The Labute approximate surface area is 100 Å². The Hall–Kier alpha value is -0.380. The first-order chi connectivity index (χ1) is 7.33. The summed E-state index contributed by atoms with van der Waals surface area (Å²) in [4.78, 5) is 0. The van der Waals surface area contributed by atoms with Gasteiger partial charge in [0.05, 0.1) is 6.61 Å². The van der Waals surface area contributed by atoms with E-state index >= 15 is 0 Å². The quantitative estimate of drug-likeness (QED) is 0.770. The number of halogens is 1. The van der Waals surface area contributed by atoms with Gasteiger partial charge in [-0.25, -0.2) is 0 Å². The van der Waals surface area contributed by atoms with Crippen LogP contribution in [0.1, 0.15) is 18.9 Å². The summed E-state index contributed by atoms with van der Waals surface area (Å²) in [5, 5.41) is 3.34. The summed E-state index contributed by atoms with van der Waals surface area (Å²) in [7, 11) is 0. The molecule has 0 bridgehead atoms. The lowest BCUT2D eigenvalue weighted by Crippen LogP contribution is -2.19.